The quantitative estimate of drug-likeness (QED) is 0.487. The standard InChI is InChI=1S/C8H11ClN6O/c1-5(16-2)4-11-8-6(12-15-10)3-7(9)13-14-8/h3,5H,4H2,1-2H3,(H,11,14)/t5-/m1/s1. The van der Waals surface area contributed by atoms with E-state index in [9.17, 15) is 0 Å². The summed E-state index contributed by atoms with van der Waals surface area (Å²) in [5.41, 5.74) is 8.68. The second-order valence-corrected chi connectivity index (χ2v) is 3.40. The zero-order valence-electron chi connectivity index (χ0n) is 8.88. The minimum Gasteiger partial charge on any atom is -0.380 e. The number of halogens is 1. The van der Waals surface area contributed by atoms with Crippen LogP contribution in [0.15, 0.2) is 11.2 Å². The third-order valence-electron chi connectivity index (χ3n) is 1.86. The van der Waals surface area contributed by atoms with Crippen molar-refractivity contribution in [3.8, 4) is 0 Å². The molecule has 0 fully saturated rings. The largest absolute Gasteiger partial charge is 0.380 e. The number of nitrogens with zero attached hydrogens (tertiary/aromatic N) is 5. The highest BCUT2D eigenvalue weighted by atomic mass is 35.5. The van der Waals surface area contributed by atoms with E-state index >= 15 is 0 Å². The van der Waals surface area contributed by atoms with Gasteiger partial charge in [-0.25, -0.2) is 0 Å². The van der Waals surface area contributed by atoms with Crippen LogP contribution < -0.4 is 5.32 Å². The van der Waals surface area contributed by atoms with Crippen molar-refractivity contribution in [3.05, 3.63) is 21.7 Å². The summed E-state index contributed by atoms with van der Waals surface area (Å²) in [6, 6.07) is 1.44. The van der Waals surface area contributed by atoms with E-state index in [-0.39, 0.29) is 11.3 Å². The Hall–Kier alpha value is -1.56. The van der Waals surface area contributed by atoms with Gasteiger partial charge in [0.15, 0.2) is 11.0 Å². The Labute approximate surface area is 97.4 Å². The lowest BCUT2D eigenvalue weighted by atomic mass is 10.4. The Morgan fingerprint density at radius 3 is 3.06 bits per heavy atom. The second kappa shape index (κ2) is 6.12. The first kappa shape index (κ1) is 12.5. The summed E-state index contributed by atoms with van der Waals surface area (Å²) in [7, 11) is 1.61. The number of azide groups is 1. The predicted molar refractivity (Wildman–Crippen MR) is 60.8 cm³/mol. The molecule has 16 heavy (non-hydrogen) atoms. The Morgan fingerprint density at radius 2 is 2.44 bits per heavy atom. The zero-order valence-corrected chi connectivity index (χ0v) is 9.64. The van der Waals surface area contributed by atoms with Crippen molar-refractivity contribution in [3.63, 3.8) is 0 Å². The Kier molecular flexibility index (Phi) is 4.78. The highest BCUT2D eigenvalue weighted by Crippen LogP contribution is 2.24. The third kappa shape index (κ3) is 3.54. The van der Waals surface area contributed by atoms with E-state index < -0.39 is 0 Å². The van der Waals surface area contributed by atoms with Crippen molar-refractivity contribution >= 4 is 23.1 Å². The van der Waals surface area contributed by atoms with E-state index in [4.69, 9.17) is 21.9 Å². The van der Waals surface area contributed by atoms with Gasteiger partial charge in [-0.1, -0.05) is 16.7 Å². The molecule has 1 atom stereocenters. The van der Waals surface area contributed by atoms with Gasteiger partial charge in [0.2, 0.25) is 0 Å². The minimum atomic E-state index is 0.0105. The molecule has 0 aliphatic rings. The van der Waals surface area contributed by atoms with Crippen molar-refractivity contribution in [2.75, 3.05) is 19.0 Å². The summed E-state index contributed by atoms with van der Waals surface area (Å²) >= 11 is 5.63. The van der Waals surface area contributed by atoms with Crippen molar-refractivity contribution < 1.29 is 4.74 Å². The van der Waals surface area contributed by atoms with Gasteiger partial charge in [0.1, 0.15) is 0 Å². The van der Waals surface area contributed by atoms with Crippen molar-refractivity contribution in [1.82, 2.24) is 10.2 Å². The molecule has 8 heteroatoms. The molecule has 7 nitrogen and oxygen atoms in total. The average molecular weight is 243 g/mol. The summed E-state index contributed by atoms with van der Waals surface area (Å²) in [5, 5.41) is 14.0. The lowest BCUT2D eigenvalue weighted by molar-refractivity contribution is 0.128. The molecule has 86 valence electrons. The van der Waals surface area contributed by atoms with E-state index in [1.165, 1.54) is 6.07 Å². The molecule has 1 heterocycles. The number of rotatable bonds is 5. The molecule has 1 N–H and O–H groups in total. The van der Waals surface area contributed by atoms with Crippen LogP contribution in [0.1, 0.15) is 6.92 Å². The first-order chi connectivity index (χ1) is 7.67. The fraction of sp³-hybridized carbons (Fsp3) is 0.500. The molecule has 0 aliphatic heterocycles. The molecular weight excluding hydrogens is 232 g/mol. The fourth-order valence-electron chi connectivity index (χ4n) is 0.933. The van der Waals surface area contributed by atoms with Crippen LogP contribution in [-0.2, 0) is 4.74 Å². The molecule has 1 aromatic rings. The summed E-state index contributed by atoms with van der Waals surface area (Å²) < 4.78 is 5.06. The van der Waals surface area contributed by atoms with Gasteiger partial charge in [0.25, 0.3) is 0 Å². The van der Waals surface area contributed by atoms with Gasteiger partial charge in [-0.05, 0) is 18.5 Å². The lowest BCUT2D eigenvalue weighted by Gasteiger charge is -2.11. The molecule has 0 amide bonds. The van der Waals surface area contributed by atoms with Gasteiger partial charge in [0.05, 0.1) is 11.8 Å². The number of aromatic nitrogens is 2. The molecule has 0 unspecified atom stereocenters. The van der Waals surface area contributed by atoms with Crippen LogP contribution in [0.2, 0.25) is 5.15 Å². The van der Waals surface area contributed by atoms with Gasteiger partial charge in [0, 0.05) is 18.6 Å². The Morgan fingerprint density at radius 1 is 1.69 bits per heavy atom. The highest BCUT2D eigenvalue weighted by molar-refractivity contribution is 6.29. The van der Waals surface area contributed by atoms with Gasteiger partial charge < -0.3 is 10.1 Å². The molecule has 0 radical (unpaired) electrons. The maximum atomic E-state index is 8.37. The third-order valence-corrected chi connectivity index (χ3v) is 2.04. The molecular formula is C8H11ClN6O. The zero-order chi connectivity index (χ0) is 12.0. The molecule has 0 aromatic carbocycles. The Balaban J connectivity index is 2.82. The second-order valence-electron chi connectivity index (χ2n) is 3.02. The van der Waals surface area contributed by atoms with E-state index in [2.05, 4.69) is 25.5 Å². The Bertz CT molecular complexity index is 406. The fourth-order valence-corrected chi connectivity index (χ4v) is 1.07. The number of ether oxygens (including phenoxy) is 1. The van der Waals surface area contributed by atoms with Crippen LogP contribution in [0.4, 0.5) is 11.5 Å². The van der Waals surface area contributed by atoms with Gasteiger partial charge >= 0.3 is 0 Å². The minimum absolute atomic E-state index is 0.0105. The molecule has 0 saturated carbocycles. The number of methoxy groups -OCH3 is 1. The van der Waals surface area contributed by atoms with Gasteiger partial charge in [-0.3, -0.25) is 0 Å². The van der Waals surface area contributed by atoms with Crippen LogP contribution in [0, 0.1) is 0 Å². The normalized spacial score (nSPS) is 11.7. The summed E-state index contributed by atoms with van der Waals surface area (Å²) in [6.07, 6.45) is 0.0105. The maximum Gasteiger partial charge on any atom is 0.158 e. The topological polar surface area (TPSA) is 95.8 Å². The first-order valence-electron chi connectivity index (χ1n) is 4.52. The highest BCUT2D eigenvalue weighted by Gasteiger charge is 2.06. The molecule has 1 aromatic heterocycles. The summed E-state index contributed by atoms with van der Waals surface area (Å²) in [6.45, 7) is 2.42. The van der Waals surface area contributed by atoms with E-state index in [1.807, 2.05) is 6.92 Å². The monoisotopic (exact) mass is 242 g/mol. The SMILES string of the molecule is CO[C@H](C)CNc1nnc(Cl)cc1N=[N+]=[N-]. The van der Waals surface area contributed by atoms with E-state index in [1.54, 1.807) is 7.11 Å². The van der Waals surface area contributed by atoms with Crippen LogP contribution in [0.25, 0.3) is 10.4 Å². The van der Waals surface area contributed by atoms with E-state index in [0.717, 1.165) is 0 Å². The smallest absolute Gasteiger partial charge is 0.158 e. The molecule has 0 bridgehead atoms. The summed E-state index contributed by atoms with van der Waals surface area (Å²) in [5.74, 6) is 0.381. The number of anilines is 1. The number of hydrogen-bond donors (Lipinski definition) is 1. The predicted octanol–water partition coefficient (Wildman–Crippen LogP) is 2.52. The molecule has 0 aliphatic carbocycles. The summed E-state index contributed by atoms with van der Waals surface area (Å²) in [4.78, 5) is 2.68. The van der Waals surface area contributed by atoms with Crippen molar-refractivity contribution in [2.24, 2.45) is 5.11 Å². The van der Waals surface area contributed by atoms with Crippen molar-refractivity contribution in [2.45, 2.75) is 13.0 Å². The van der Waals surface area contributed by atoms with Crippen LogP contribution in [0.3, 0.4) is 0 Å². The average Bonchev–Trinajstić information content (AvgIpc) is 2.28. The van der Waals surface area contributed by atoms with Gasteiger partial charge in [-0.15, -0.1) is 10.2 Å². The van der Waals surface area contributed by atoms with Crippen LogP contribution in [0.5, 0.6) is 0 Å². The maximum absolute atomic E-state index is 8.37. The van der Waals surface area contributed by atoms with Crippen LogP contribution in [-0.4, -0.2) is 30.0 Å². The van der Waals surface area contributed by atoms with Gasteiger partial charge in [-0.2, -0.15) is 0 Å². The number of nitrogens with one attached hydrogen (secondary N) is 1. The van der Waals surface area contributed by atoms with Crippen LogP contribution >= 0.6 is 11.6 Å². The first-order valence-corrected chi connectivity index (χ1v) is 4.90. The number of hydrogen-bond acceptors (Lipinski definition) is 5. The molecule has 1 rings (SSSR count). The molecule has 0 spiro atoms. The lowest BCUT2D eigenvalue weighted by Crippen LogP contribution is -2.18. The van der Waals surface area contributed by atoms with E-state index in [0.29, 0.717) is 18.1 Å². The van der Waals surface area contributed by atoms with Crippen molar-refractivity contribution in [1.29, 1.82) is 0 Å². The molecule has 0 saturated heterocycles.